The van der Waals surface area contributed by atoms with Crippen LogP contribution in [0.25, 0.3) is 0 Å². The highest BCUT2D eigenvalue weighted by atomic mass is 32.1. The van der Waals surface area contributed by atoms with E-state index in [0.29, 0.717) is 5.11 Å². The Morgan fingerprint density at radius 3 is 2.40 bits per heavy atom. The van der Waals surface area contributed by atoms with Crippen LogP contribution in [-0.4, -0.2) is 14.9 Å². The van der Waals surface area contributed by atoms with Gasteiger partial charge in [0.25, 0.3) is 0 Å². The summed E-state index contributed by atoms with van der Waals surface area (Å²) in [6.07, 6.45) is 0. The van der Waals surface area contributed by atoms with Crippen molar-refractivity contribution in [2.45, 2.75) is 27.7 Å². The van der Waals surface area contributed by atoms with Crippen LogP contribution in [0.4, 0.5) is 11.4 Å². The topological polar surface area (TPSA) is 41.9 Å². The van der Waals surface area contributed by atoms with Gasteiger partial charge in [0.05, 0.1) is 17.1 Å². The van der Waals surface area contributed by atoms with Gasteiger partial charge in [0.2, 0.25) is 0 Å². The van der Waals surface area contributed by atoms with E-state index in [4.69, 9.17) is 12.2 Å². The number of thiocarbonyl (C=S) groups is 1. The molecule has 0 saturated heterocycles. The minimum absolute atomic E-state index is 0.580. The highest BCUT2D eigenvalue weighted by Crippen LogP contribution is 2.20. The van der Waals surface area contributed by atoms with Crippen LogP contribution in [0.5, 0.6) is 0 Å². The highest BCUT2D eigenvalue weighted by molar-refractivity contribution is 7.80. The lowest BCUT2D eigenvalue weighted by atomic mass is 10.1. The quantitative estimate of drug-likeness (QED) is 0.830. The maximum atomic E-state index is 5.38. The van der Waals surface area contributed by atoms with Crippen molar-refractivity contribution in [3.8, 4) is 0 Å². The van der Waals surface area contributed by atoms with Crippen molar-refractivity contribution in [1.29, 1.82) is 0 Å². The van der Waals surface area contributed by atoms with Gasteiger partial charge in [-0.1, -0.05) is 17.7 Å². The number of hydrogen-bond donors (Lipinski definition) is 2. The van der Waals surface area contributed by atoms with Gasteiger partial charge in [-0.25, -0.2) is 0 Å². The summed E-state index contributed by atoms with van der Waals surface area (Å²) in [5, 5.41) is 11.4. The predicted octanol–water partition coefficient (Wildman–Crippen LogP) is 3.46. The molecular weight excluding hydrogens is 268 g/mol. The lowest BCUT2D eigenvalue weighted by Crippen LogP contribution is -2.20. The Labute approximate surface area is 125 Å². The number of rotatable bonds is 2. The van der Waals surface area contributed by atoms with Crippen LogP contribution in [0, 0.1) is 27.7 Å². The zero-order valence-electron chi connectivity index (χ0n) is 12.5. The van der Waals surface area contributed by atoms with Crippen LogP contribution in [0.15, 0.2) is 18.2 Å². The van der Waals surface area contributed by atoms with Crippen LogP contribution in [0.1, 0.15) is 22.5 Å². The van der Waals surface area contributed by atoms with E-state index in [1.54, 1.807) is 0 Å². The zero-order chi connectivity index (χ0) is 14.9. The molecule has 0 aliphatic heterocycles. The van der Waals surface area contributed by atoms with E-state index in [-0.39, 0.29) is 0 Å². The van der Waals surface area contributed by atoms with Crippen molar-refractivity contribution >= 4 is 28.7 Å². The van der Waals surface area contributed by atoms with Crippen molar-refractivity contribution in [2.24, 2.45) is 7.05 Å². The van der Waals surface area contributed by atoms with Gasteiger partial charge in [-0.05, 0) is 51.5 Å². The SMILES string of the molecule is Cc1ccc(NC(=S)Nc2c(C)nn(C)c2C)c(C)c1. The standard InChI is InChI=1S/C15H20N4S/c1-9-6-7-13(10(2)8-9)16-15(20)17-14-11(3)18-19(5)12(14)4/h6-8H,1-5H3,(H2,16,17,20). The Hall–Kier alpha value is -1.88. The minimum Gasteiger partial charge on any atom is -0.332 e. The van der Waals surface area contributed by atoms with E-state index in [0.717, 1.165) is 22.8 Å². The summed E-state index contributed by atoms with van der Waals surface area (Å²) >= 11 is 5.38. The third kappa shape index (κ3) is 2.99. The number of nitrogens with zero attached hydrogens (tertiary/aromatic N) is 2. The van der Waals surface area contributed by atoms with Crippen LogP contribution in [0.3, 0.4) is 0 Å². The zero-order valence-corrected chi connectivity index (χ0v) is 13.4. The van der Waals surface area contributed by atoms with Gasteiger partial charge in [0.1, 0.15) is 0 Å². The molecule has 20 heavy (non-hydrogen) atoms. The first-order chi connectivity index (χ1) is 9.38. The average Bonchev–Trinajstić information content (AvgIpc) is 2.60. The number of aromatic nitrogens is 2. The van der Waals surface area contributed by atoms with E-state index in [1.807, 2.05) is 31.6 Å². The highest BCUT2D eigenvalue weighted by Gasteiger charge is 2.11. The third-order valence-electron chi connectivity index (χ3n) is 3.38. The molecule has 1 aromatic carbocycles. The maximum absolute atomic E-state index is 5.38. The van der Waals surface area contributed by atoms with E-state index in [1.165, 1.54) is 11.1 Å². The molecule has 5 heteroatoms. The molecule has 0 aliphatic rings. The molecule has 2 rings (SSSR count). The lowest BCUT2D eigenvalue weighted by molar-refractivity contribution is 0.731. The number of anilines is 2. The number of nitrogens with one attached hydrogen (secondary N) is 2. The Morgan fingerprint density at radius 1 is 1.15 bits per heavy atom. The molecule has 2 N–H and O–H groups in total. The van der Waals surface area contributed by atoms with Crippen molar-refractivity contribution in [3.05, 3.63) is 40.7 Å². The second-order valence-corrected chi connectivity index (χ2v) is 5.48. The molecule has 0 radical (unpaired) electrons. The Balaban J connectivity index is 2.13. The summed E-state index contributed by atoms with van der Waals surface area (Å²) in [6.45, 7) is 8.13. The van der Waals surface area contributed by atoms with Crippen LogP contribution in [0.2, 0.25) is 0 Å². The minimum atomic E-state index is 0.580. The van der Waals surface area contributed by atoms with Crippen LogP contribution >= 0.6 is 12.2 Å². The smallest absolute Gasteiger partial charge is 0.175 e. The van der Waals surface area contributed by atoms with Gasteiger partial charge >= 0.3 is 0 Å². The van der Waals surface area contributed by atoms with Crippen molar-refractivity contribution in [3.63, 3.8) is 0 Å². The molecule has 106 valence electrons. The van der Waals surface area contributed by atoms with Gasteiger partial charge in [0.15, 0.2) is 5.11 Å². The molecule has 0 atom stereocenters. The first-order valence-corrected chi connectivity index (χ1v) is 6.94. The second kappa shape index (κ2) is 5.63. The molecule has 0 saturated carbocycles. The Bertz CT molecular complexity index is 658. The summed E-state index contributed by atoms with van der Waals surface area (Å²) in [4.78, 5) is 0. The monoisotopic (exact) mass is 288 g/mol. The largest absolute Gasteiger partial charge is 0.332 e. The van der Waals surface area contributed by atoms with Gasteiger partial charge in [0, 0.05) is 12.7 Å². The van der Waals surface area contributed by atoms with Gasteiger partial charge in [-0.3, -0.25) is 4.68 Å². The predicted molar refractivity (Wildman–Crippen MR) is 88.4 cm³/mol. The normalized spacial score (nSPS) is 10.4. The van der Waals surface area contributed by atoms with Crippen LogP contribution in [-0.2, 0) is 7.05 Å². The van der Waals surface area contributed by atoms with E-state index in [2.05, 4.69) is 41.7 Å². The van der Waals surface area contributed by atoms with E-state index < -0.39 is 0 Å². The van der Waals surface area contributed by atoms with Gasteiger partial charge in [-0.15, -0.1) is 0 Å². The van der Waals surface area contributed by atoms with E-state index >= 15 is 0 Å². The number of benzene rings is 1. The fourth-order valence-corrected chi connectivity index (χ4v) is 2.39. The molecule has 0 aliphatic carbocycles. The molecule has 0 spiro atoms. The maximum Gasteiger partial charge on any atom is 0.175 e. The van der Waals surface area contributed by atoms with Gasteiger partial charge in [-0.2, -0.15) is 5.10 Å². The molecule has 0 bridgehead atoms. The summed E-state index contributed by atoms with van der Waals surface area (Å²) < 4.78 is 1.84. The third-order valence-corrected chi connectivity index (χ3v) is 3.58. The molecule has 4 nitrogen and oxygen atoms in total. The molecule has 0 amide bonds. The molecule has 2 aromatic rings. The summed E-state index contributed by atoms with van der Waals surface area (Å²) in [7, 11) is 1.92. The van der Waals surface area contributed by atoms with Crippen molar-refractivity contribution in [1.82, 2.24) is 9.78 Å². The molecular formula is C15H20N4S. The fraction of sp³-hybridized carbons (Fsp3) is 0.333. The first-order valence-electron chi connectivity index (χ1n) is 6.54. The Kier molecular flexibility index (Phi) is 4.09. The van der Waals surface area contributed by atoms with Crippen molar-refractivity contribution < 1.29 is 0 Å². The van der Waals surface area contributed by atoms with E-state index in [9.17, 15) is 0 Å². The lowest BCUT2D eigenvalue weighted by Gasteiger charge is -2.13. The fourth-order valence-electron chi connectivity index (χ4n) is 2.18. The Morgan fingerprint density at radius 2 is 1.85 bits per heavy atom. The molecule has 1 heterocycles. The molecule has 0 fully saturated rings. The molecule has 0 unspecified atom stereocenters. The van der Waals surface area contributed by atoms with Crippen LogP contribution < -0.4 is 10.6 Å². The summed E-state index contributed by atoms with van der Waals surface area (Å²) in [5.74, 6) is 0. The number of aryl methyl sites for hydroxylation is 4. The average molecular weight is 288 g/mol. The summed E-state index contributed by atoms with van der Waals surface area (Å²) in [5.41, 5.74) is 6.41. The first kappa shape index (κ1) is 14.5. The summed E-state index contributed by atoms with van der Waals surface area (Å²) in [6, 6.07) is 6.24. The second-order valence-electron chi connectivity index (χ2n) is 5.07. The van der Waals surface area contributed by atoms with Gasteiger partial charge < -0.3 is 10.6 Å². The number of hydrogen-bond acceptors (Lipinski definition) is 2. The molecule has 1 aromatic heterocycles. The van der Waals surface area contributed by atoms with Crippen molar-refractivity contribution in [2.75, 3.05) is 10.6 Å².